The van der Waals surface area contributed by atoms with E-state index in [1.54, 1.807) is 13.3 Å². The zero-order valence-electron chi connectivity index (χ0n) is 11.7. The number of rotatable bonds is 3. The molecule has 110 valence electrons. The lowest BCUT2D eigenvalue weighted by Crippen LogP contribution is -2.47. The van der Waals surface area contributed by atoms with Crippen LogP contribution in [0.5, 0.6) is 5.75 Å². The van der Waals surface area contributed by atoms with Crippen molar-refractivity contribution in [3.63, 3.8) is 0 Å². The first kappa shape index (κ1) is 13.9. The first-order valence-electron chi connectivity index (χ1n) is 6.75. The molecule has 0 aromatic carbocycles. The summed E-state index contributed by atoms with van der Waals surface area (Å²) in [6.07, 6.45) is 3.42. The van der Waals surface area contributed by atoms with Gasteiger partial charge in [0.1, 0.15) is 5.82 Å². The Morgan fingerprint density at radius 3 is 2.52 bits per heavy atom. The standard InChI is InChI=1S/C14H16ClN5O/c1-21-11-10-17-14(15)18-13(11)20-8-6-19(7-9-20)12-4-2-3-5-16-12/h2-5,10H,6-9H2,1H3. The van der Waals surface area contributed by atoms with Gasteiger partial charge in [0.2, 0.25) is 5.28 Å². The van der Waals surface area contributed by atoms with E-state index in [2.05, 4.69) is 24.8 Å². The molecule has 2 aromatic rings. The lowest BCUT2D eigenvalue weighted by molar-refractivity contribution is 0.409. The van der Waals surface area contributed by atoms with Gasteiger partial charge in [-0.25, -0.2) is 9.97 Å². The van der Waals surface area contributed by atoms with Crippen molar-refractivity contribution in [3.05, 3.63) is 35.9 Å². The minimum absolute atomic E-state index is 0.234. The number of hydrogen-bond donors (Lipinski definition) is 0. The molecule has 1 saturated heterocycles. The molecule has 0 amide bonds. The van der Waals surface area contributed by atoms with Crippen LogP contribution in [0.15, 0.2) is 30.6 Å². The van der Waals surface area contributed by atoms with Crippen molar-refractivity contribution in [1.29, 1.82) is 0 Å². The molecular formula is C14H16ClN5O. The van der Waals surface area contributed by atoms with Gasteiger partial charge in [-0.3, -0.25) is 0 Å². The molecule has 7 heteroatoms. The molecule has 0 aliphatic carbocycles. The fourth-order valence-electron chi connectivity index (χ4n) is 2.40. The second-order valence-electron chi connectivity index (χ2n) is 4.69. The van der Waals surface area contributed by atoms with Crippen molar-refractivity contribution in [2.24, 2.45) is 0 Å². The Balaban J connectivity index is 1.73. The third-order valence-corrected chi connectivity index (χ3v) is 3.66. The van der Waals surface area contributed by atoms with Crippen LogP contribution < -0.4 is 14.5 Å². The number of piperazine rings is 1. The zero-order chi connectivity index (χ0) is 14.7. The molecule has 3 rings (SSSR count). The van der Waals surface area contributed by atoms with Gasteiger partial charge >= 0.3 is 0 Å². The smallest absolute Gasteiger partial charge is 0.224 e. The van der Waals surface area contributed by atoms with Crippen LogP contribution in [-0.2, 0) is 0 Å². The van der Waals surface area contributed by atoms with Gasteiger partial charge in [0.05, 0.1) is 13.3 Å². The highest BCUT2D eigenvalue weighted by molar-refractivity contribution is 6.28. The van der Waals surface area contributed by atoms with Gasteiger partial charge in [-0.05, 0) is 23.7 Å². The topological polar surface area (TPSA) is 54.4 Å². The minimum Gasteiger partial charge on any atom is -0.491 e. The van der Waals surface area contributed by atoms with Gasteiger partial charge in [-0.15, -0.1) is 0 Å². The summed E-state index contributed by atoms with van der Waals surface area (Å²) >= 11 is 5.89. The average molecular weight is 306 g/mol. The van der Waals surface area contributed by atoms with Crippen molar-refractivity contribution in [2.45, 2.75) is 0 Å². The van der Waals surface area contributed by atoms with Crippen LogP contribution in [0.2, 0.25) is 5.28 Å². The number of halogens is 1. The van der Waals surface area contributed by atoms with E-state index < -0.39 is 0 Å². The first-order chi connectivity index (χ1) is 10.3. The Kier molecular flexibility index (Phi) is 4.06. The summed E-state index contributed by atoms with van der Waals surface area (Å²) in [7, 11) is 1.61. The summed E-state index contributed by atoms with van der Waals surface area (Å²) < 4.78 is 5.31. The SMILES string of the molecule is COc1cnc(Cl)nc1N1CCN(c2ccccn2)CC1. The van der Waals surface area contributed by atoms with Crippen LogP contribution >= 0.6 is 11.6 Å². The molecule has 1 aliphatic rings. The maximum Gasteiger partial charge on any atom is 0.224 e. The Bertz CT molecular complexity index is 602. The molecule has 6 nitrogen and oxygen atoms in total. The minimum atomic E-state index is 0.234. The average Bonchev–Trinajstić information content (AvgIpc) is 2.56. The zero-order valence-corrected chi connectivity index (χ0v) is 12.5. The number of aromatic nitrogens is 3. The van der Waals surface area contributed by atoms with E-state index in [-0.39, 0.29) is 5.28 Å². The third-order valence-electron chi connectivity index (χ3n) is 3.48. The van der Waals surface area contributed by atoms with Crippen molar-refractivity contribution in [2.75, 3.05) is 43.1 Å². The lowest BCUT2D eigenvalue weighted by atomic mass is 10.3. The van der Waals surface area contributed by atoms with E-state index in [0.29, 0.717) is 5.75 Å². The van der Waals surface area contributed by atoms with E-state index in [0.717, 1.165) is 37.8 Å². The molecule has 0 unspecified atom stereocenters. The second kappa shape index (κ2) is 6.13. The Morgan fingerprint density at radius 2 is 1.86 bits per heavy atom. The second-order valence-corrected chi connectivity index (χ2v) is 5.03. The predicted molar refractivity (Wildman–Crippen MR) is 82.3 cm³/mol. The monoisotopic (exact) mass is 305 g/mol. The van der Waals surface area contributed by atoms with Crippen LogP contribution in [0.25, 0.3) is 0 Å². The van der Waals surface area contributed by atoms with Crippen molar-refractivity contribution in [3.8, 4) is 5.75 Å². The molecule has 2 aromatic heterocycles. The van der Waals surface area contributed by atoms with E-state index in [9.17, 15) is 0 Å². The summed E-state index contributed by atoms with van der Waals surface area (Å²) in [6, 6.07) is 5.95. The van der Waals surface area contributed by atoms with Gasteiger partial charge < -0.3 is 14.5 Å². The fraction of sp³-hybridized carbons (Fsp3) is 0.357. The van der Waals surface area contributed by atoms with Gasteiger partial charge in [0.25, 0.3) is 0 Å². The van der Waals surface area contributed by atoms with Gasteiger partial charge in [0.15, 0.2) is 11.6 Å². The normalized spacial score (nSPS) is 15.1. The quantitative estimate of drug-likeness (QED) is 0.807. The van der Waals surface area contributed by atoms with Crippen LogP contribution in [0.1, 0.15) is 0 Å². The number of ether oxygens (including phenoxy) is 1. The molecular weight excluding hydrogens is 290 g/mol. The third kappa shape index (κ3) is 3.00. The van der Waals surface area contributed by atoms with E-state index in [1.807, 2.05) is 24.4 Å². The van der Waals surface area contributed by atoms with Gasteiger partial charge in [-0.1, -0.05) is 6.07 Å². The first-order valence-corrected chi connectivity index (χ1v) is 7.13. The van der Waals surface area contributed by atoms with Crippen LogP contribution in [0.4, 0.5) is 11.6 Å². The van der Waals surface area contributed by atoms with E-state index in [4.69, 9.17) is 16.3 Å². The van der Waals surface area contributed by atoms with Gasteiger partial charge in [-0.2, -0.15) is 4.98 Å². The molecule has 0 radical (unpaired) electrons. The van der Waals surface area contributed by atoms with Crippen LogP contribution in [-0.4, -0.2) is 48.2 Å². The van der Waals surface area contributed by atoms with E-state index >= 15 is 0 Å². The lowest BCUT2D eigenvalue weighted by Gasteiger charge is -2.36. The molecule has 0 atom stereocenters. The highest BCUT2D eigenvalue weighted by Gasteiger charge is 2.22. The van der Waals surface area contributed by atoms with Crippen LogP contribution in [0, 0.1) is 0 Å². The maximum absolute atomic E-state index is 5.89. The summed E-state index contributed by atoms with van der Waals surface area (Å²) in [5.41, 5.74) is 0. The summed E-state index contributed by atoms with van der Waals surface area (Å²) in [6.45, 7) is 3.42. The fourth-order valence-corrected chi connectivity index (χ4v) is 2.53. The summed E-state index contributed by atoms with van der Waals surface area (Å²) in [4.78, 5) is 17.0. The van der Waals surface area contributed by atoms with Gasteiger partial charge in [0, 0.05) is 32.4 Å². The molecule has 21 heavy (non-hydrogen) atoms. The van der Waals surface area contributed by atoms with Crippen LogP contribution in [0.3, 0.4) is 0 Å². The van der Waals surface area contributed by atoms with Crippen molar-refractivity contribution >= 4 is 23.2 Å². The number of pyridine rings is 1. The summed E-state index contributed by atoms with van der Waals surface area (Å²) in [5.74, 6) is 2.40. The van der Waals surface area contributed by atoms with Crippen molar-refractivity contribution in [1.82, 2.24) is 15.0 Å². The number of hydrogen-bond acceptors (Lipinski definition) is 6. The molecule has 0 bridgehead atoms. The predicted octanol–water partition coefficient (Wildman–Crippen LogP) is 1.86. The Labute approximate surface area is 128 Å². The molecule has 3 heterocycles. The number of methoxy groups -OCH3 is 1. The highest BCUT2D eigenvalue weighted by Crippen LogP contribution is 2.27. The molecule has 1 fully saturated rings. The number of nitrogens with zero attached hydrogens (tertiary/aromatic N) is 5. The molecule has 0 spiro atoms. The maximum atomic E-state index is 5.89. The van der Waals surface area contributed by atoms with Crippen molar-refractivity contribution < 1.29 is 4.74 Å². The molecule has 0 saturated carbocycles. The largest absolute Gasteiger partial charge is 0.491 e. The summed E-state index contributed by atoms with van der Waals surface area (Å²) in [5, 5.41) is 0.234. The molecule has 1 aliphatic heterocycles. The Hall–Kier alpha value is -2.08. The Morgan fingerprint density at radius 1 is 1.10 bits per heavy atom. The molecule has 0 N–H and O–H groups in total. The van der Waals surface area contributed by atoms with E-state index in [1.165, 1.54) is 0 Å². The highest BCUT2D eigenvalue weighted by atomic mass is 35.5. The number of anilines is 2.